The first-order valence-electron chi connectivity index (χ1n) is 12.3. The zero-order valence-electron chi connectivity index (χ0n) is 20.4. The Morgan fingerprint density at radius 2 is 2.06 bits per heavy atom. The quantitative estimate of drug-likeness (QED) is 0.218. The molecule has 1 aromatic carbocycles. The third-order valence-electron chi connectivity index (χ3n) is 6.31. The van der Waals surface area contributed by atoms with Gasteiger partial charge < -0.3 is 25.4 Å². The van der Waals surface area contributed by atoms with E-state index >= 15 is 0 Å². The summed E-state index contributed by atoms with van der Waals surface area (Å²) in [5.41, 5.74) is 3.32. The maximum absolute atomic E-state index is 11.1. The molecule has 0 aliphatic carbocycles. The molecule has 0 saturated heterocycles. The highest BCUT2D eigenvalue weighted by Crippen LogP contribution is 2.20. The lowest BCUT2D eigenvalue weighted by Crippen LogP contribution is -2.36. The van der Waals surface area contributed by atoms with Crippen LogP contribution >= 0.6 is 0 Å². The third kappa shape index (κ3) is 8.17. The van der Waals surface area contributed by atoms with Crippen LogP contribution in [-0.4, -0.2) is 66.4 Å². The lowest BCUT2D eigenvalue weighted by atomic mass is 10.1. The van der Waals surface area contributed by atoms with E-state index in [1.807, 2.05) is 30.3 Å². The number of aromatic nitrogens is 1. The van der Waals surface area contributed by atoms with Crippen LogP contribution in [0.3, 0.4) is 0 Å². The molecule has 3 N–H and O–H groups in total. The van der Waals surface area contributed by atoms with Gasteiger partial charge >= 0.3 is 0 Å². The topological polar surface area (TPSA) is 86.7 Å². The average Bonchev–Trinajstić information content (AvgIpc) is 2.88. The van der Waals surface area contributed by atoms with Crippen molar-refractivity contribution in [3.8, 4) is 0 Å². The van der Waals surface area contributed by atoms with Gasteiger partial charge in [-0.3, -0.25) is 0 Å². The molecule has 0 amide bonds. The first-order chi connectivity index (χ1) is 16.6. The molecule has 2 heterocycles. The molecule has 7 nitrogen and oxygen atoms in total. The molecule has 2 aromatic rings. The van der Waals surface area contributed by atoms with E-state index in [0.717, 1.165) is 69.1 Å². The van der Waals surface area contributed by atoms with E-state index in [2.05, 4.69) is 34.6 Å². The minimum Gasteiger partial charge on any atom is -0.500 e. The van der Waals surface area contributed by atoms with Crippen molar-refractivity contribution >= 4 is 17.4 Å². The number of pyridine rings is 1. The van der Waals surface area contributed by atoms with Crippen molar-refractivity contribution in [2.24, 2.45) is 0 Å². The fourth-order valence-corrected chi connectivity index (χ4v) is 4.28. The Morgan fingerprint density at radius 3 is 2.82 bits per heavy atom. The number of nitrogens with zero attached hydrogens (tertiary/aromatic N) is 2. The Hall–Kier alpha value is -2.86. The van der Waals surface area contributed by atoms with Crippen LogP contribution in [0, 0.1) is 0 Å². The molecule has 0 saturated carbocycles. The first kappa shape index (κ1) is 25.8. The fraction of sp³-hybridized carbons (Fsp3) is 0.519. The van der Waals surface area contributed by atoms with Gasteiger partial charge in [-0.1, -0.05) is 24.3 Å². The van der Waals surface area contributed by atoms with E-state index in [1.165, 1.54) is 12.0 Å². The Balaban J connectivity index is 1.51. The van der Waals surface area contributed by atoms with Crippen molar-refractivity contribution in [2.45, 2.75) is 57.6 Å². The molecule has 34 heavy (non-hydrogen) atoms. The summed E-state index contributed by atoms with van der Waals surface area (Å²) in [6, 6.07) is 13.5. The number of methoxy groups -OCH3 is 1. The van der Waals surface area contributed by atoms with Crippen LogP contribution in [0.5, 0.6) is 0 Å². The van der Waals surface area contributed by atoms with Crippen LogP contribution in [0.1, 0.15) is 43.9 Å². The molecule has 0 fully saturated rings. The Kier molecular flexibility index (Phi) is 10.4. The molecule has 1 unspecified atom stereocenters. The maximum Gasteiger partial charge on any atom is 0.199 e. The number of aliphatic hydroxyl groups is 1. The number of hydrogen-bond acceptors (Lipinski definition) is 7. The highest BCUT2D eigenvalue weighted by Gasteiger charge is 2.18. The van der Waals surface area contributed by atoms with Crippen LogP contribution in [0.25, 0.3) is 0 Å². The van der Waals surface area contributed by atoms with Crippen LogP contribution in [0.4, 0.5) is 11.5 Å². The molecule has 1 aliphatic rings. The fourth-order valence-electron chi connectivity index (χ4n) is 4.28. The van der Waals surface area contributed by atoms with E-state index < -0.39 is 6.04 Å². The number of ether oxygens (including phenoxy) is 1. The molecule has 3 rings (SSSR count). The van der Waals surface area contributed by atoms with E-state index in [-0.39, 0.29) is 11.9 Å². The maximum atomic E-state index is 11.1. The summed E-state index contributed by atoms with van der Waals surface area (Å²) in [6.07, 6.45) is 6.01. The van der Waals surface area contributed by atoms with Crippen molar-refractivity contribution < 1.29 is 14.6 Å². The number of rotatable bonds is 14. The number of carbonyl (C=O) groups excluding carboxylic acids is 1. The lowest BCUT2D eigenvalue weighted by molar-refractivity contribution is 0.0753. The highest BCUT2D eigenvalue weighted by atomic mass is 16.5. The Labute approximate surface area is 203 Å². The normalized spacial score (nSPS) is 14.6. The lowest BCUT2D eigenvalue weighted by Gasteiger charge is -2.27. The summed E-state index contributed by atoms with van der Waals surface area (Å²) in [5.74, 6) is 2.42. The number of anilines is 2. The third-order valence-corrected chi connectivity index (χ3v) is 6.31. The monoisotopic (exact) mass is 466 g/mol. The van der Waals surface area contributed by atoms with Crippen molar-refractivity contribution in [2.75, 3.05) is 43.9 Å². The second-order valence-corrected chi connectivity index (χ2v) is 8.98. The number of unbranched alkanes of at least 4 members (excludes halogenated alkanes) is 1. The molecule has 1 aliphatic heterocycles. The Morgan fingerprint density at radius 1 is 1.24 bits per heavy atom. The average molecular weight is 467 g/mol. The van der Waals surface area contributed by atoms with Crippen LogP contribution in [-0.2, 0) is 22.4 Å². The van der Waals surface area contributed by atoms with E-state index in [0.29, 0.717) is 6.42 Å². The van der Waals surface area contributed by atoms with E-state index in [1.54, 1.807) is 13.1 Å². The van der Waals surface area contributed by atoms with Gasteiger partial charge in [-0.2, -0.15) is 0 Å². The Bertz CT molecular complexity index is 931. The van der Waals surface area contributed by atoms with Gasteiger partial charge in [0.1, 0.15) is 5.82 Å². The number of aryl methyl sites for hydroxylation is 2. The zero-order valence-corrected chi connectivity index (χ0v) is 20.4. The van der Waals surface area contributed by atoms with Gasteiger partial charge in [0.15, 0.2) is 11.7 Å². The number of hydrogen-bond donors (Lipinski definition) is 3. The number of fused-ring (bicyclic) bond motifs is 1. The molecular weight excluding hydrogens is 428 g/mol. The summed E-state index contributed by atoms with van der Waals surface area (Å²) >= 11 is 0. The summed E-state index contributed by atoms with van der Waals surface area (Å²) in [4.78, 5) is 18.3. The highest BCUT2D eigenvalue weighted by molar-refractivity contribution is 5.54. The number of para-hydroxylation sites is 1. The van der Waals surface area contributed by atoms with E-state index in [4.69, 9.17) is 9.72 Å². The summed E-state index contributed by atoms with van der Waals surface area (Å²) < 4.78 is 5.49. The van der Waals surface area contributed by atoms with Gasteiger partial charge in [0, 0.05) is 38.1 Å². The van der Waals surface area contributed by atoms with Crippen molar-refractivity contribution in [1.29, 1.82) is 0 Å². The second-order valence-electron chi connectivity index (χ2n) is 8.98. The molecule has 0 bridgehead atoms. The van der Waals surface area contributed by atoms with Crippen LogP contribution in [0.2, 0.25) is 0 Å². The van der Waals surface area contributed by atoms with E-state index in [9.17, 15) is 9.90 Å². The zero-order chi connectivity index (χ0) is 24.2. The molecular formula is C27H38N4O3. The van der Waals surface area contributed by atoms with Gasteiger partial charge in [-0.25, -0.2) is 9.78 Å². The van der Waals surface area contributed by atoms with Crippen LogP contribution < -0.4 is 10.6 Å². The first-order valence-corrected chi connectivity index (χ1v) is 12.3. The molecule has 2 atom stereocenters. The predicted octanol–water partition coefficient (Wildman–Crippen LogP) is 4.24. The van der Waals surface area contributed by atoms with Gasteiger partial charge in [0.05, 0.1) is 12.1 Å². The number of nitrogens with one attached hydrogen (secondary N) is 2. The smallest absolute Gasteiger partial charge is 0.199 e. The standard InChI is InChI=1S/C27H38N4O3/c1-21(34-2)19-31(18-15-25(26(33)20-32)29-23-10-4-3-5-11-23)17-7-6-12-24-14-13-22-9-8-16-28-27(22)30-24/h3-5,10-11,13-14,21,25,29,33H,6-9,12,15-19H2,1-2H3,(H,28,30)/t21-,25?/m1/s1. The number of benzene rings is 1. The summed E-state index contributed by atoms with van der Waals surface area (Å²) in [7, 11) is 1.72. The number of aliphatic hydroxyl groups excluding tert-OH is 1. The molecule has 7 heteroatoms. The summed E-state index contributed by atoms with van der Waals surface area (Å²) in [5, 5.41) is 16.8. The van der Waals surface area contributed by atoms with Gasteiger partial charge in [0.2, 0.25) is 0 Å². The minimum absolute atomic E-state index is 0.101. The minimum atomic E-state index is -0.479. The van der Waals surface area contributed by atoms with Crippen molar-refractivity contribution in [3.05, 3.63) is 59.5 Å². The largest absolute Gasteiger partial charge is 0.500 e. The van der Waals surface area contributed by atoms with Crippen LogP contribution in [0.15, 0.2) is 48.2 Å². The second kappa shape index (κ2) is 13.8. The van der Waals surface area contributed by atoms with Gasteiger partial charge in [-0.15, -0.1) is 0 Å². The SMILES string of the molecule is CO[C@H](C)CN(CCCCc1ccc2c(n1)NCCC2)CCC(Nc1ccccc1)C(O)=C=O. The van der Waals surface area contributed by atoms with Crippen molar-refractivity contribution in [1.82, 2.24) is 9.88 Å². The molecule has 0 radical (unpaired) electrons. The molecule has 1 aromatic heterocycles. The molecule has 0 spiro atoms. The van der Waals surface area contributed by atoms with Gasteiger partial charge in [-0.05, 0) is 75.8 Å². The summed E-state index contributed by atoms with van der Waals surface area (Å²) in [6.45, 7) is 5.50. The molecule has 184 valence electrons. The van der Waals surface area contributed by atoms with Crippen molar-refractivity contribution in [3.63, 3.8) is 0 Å². The predicted molar refractivity (Wildman–Crippen MR) is 137 cm³/mol. The van der Waals surface area contributed by atoms with Gasteiger partial charge in [0.25, 0.3) is 0 Å².